The Hall–Kier alpha value is -15.6. The summed E-state index contributed by atoms with van der Waals surface area (Å²) >= 11 is 0. The summed E-state index contributed by atoms with van der Waals surface area (Å²) in [5.74, 6) is 0. The first-order chi connectivity index (χ1) is 65.9. The highest BCUT2D eigenvalue weighted by molar-refractivity contribution is 5.79. The molecule has 0 saturated carbocycles. The molecule has 136 heavy (non-hydrogen) atoms. The molecule has 0 radical (unpaired) electrons. The van der Waals surface area contributed by atoms with Gasteiger partial charge in [0.1, 0.15) is 0 Å². The minimum absolute atomic E-state index is 1.27. The van der Waals surface area contributed by atoms with Crippen LogP contribution in [0.3, 0.4) is 0 Å². The topological polar surface area (TPSA) is 0 Å². The molecule has 0 amide bonds. The smallest absolute Gasteiger partial charge is 0.0155 e. The average molecular weight is 1760 g/mol. The minimum Gasteiger partial charge on any atom is -0.0620 e. The van der Waals surface area contributed by atoms with Gasteiger partial charge >= 0.3 is 0 Å². The number of aryl methyl sites for hydroxylation is 16. The van der Waals surface area contributed by atoms with E-state index in [0.717, 1.165) is 0 Å². The second-order valence-corrected chi connectivity index (χ2v) is 36.0. The molecule has 0 heteroatoms. The molecule has 0 aromatic heterocycles. The van der Waals surface area contributed by atoms with Crippen LogP contribution in [0.25, 0.3) is 134 Å². The van der Waals surface area contributed by atoms with Crippen molar-refractivity contribution in [3.8, 4) is 134 Å². The Labute approximate surface area is 812 Å². The molecule has 0 unspecified atom stereocenters. The van der Waals surface area contributed by atoms with E-state index < -0.39 is 0 Å². The highest BCUT2D eigenvalue weighted by Crippen LogP contribution is 2.35. The molecule has 0 heterocycles. The van der Waals surface area contributed by atoms with Crippen LogP contribution in [0.5, 0.6) is 0 Å². The van der Waals surface area contributed by atoms with E-state index in [1.54, 1.807) is 0 Å². The second-order valence-electron chi connectivity index (χ2n) is 36.0. The van der Waals surface area contributed by atoms with Crippen molar-refractivity contribution in [2.75, 3.05) is 0 Å². The Morgan fingerprint density at radius 3 is 0.434 bits per heavy atom. The van der Waals surface area contributed by atoms with Crippen molar-refractivity contribution >= 4 is 0 Å². The molecule has 0 saturated heterocycles. The van der Waals surface area contributed by atoms with Crippen molar-refractivity contribution in [2.24, 2.45) is 0 Å². The van der Waals surface area contributed by atoms with Crippen LogP contribution in [-0.4, -0.2) is 0 Å². The van der Waals surface area contributed by atoms with Crippen LogP contribution in [0, 0.1) is 111 Å². The lowest BCUT2D eigenvalue weighted by Crippen LogP contribution is -1.84. The van der Waals surface area contributed by atoms with E-state index in [1.807, 2.05) is 0 Å². The fraction of sp³-hybridized carbons (Fsp3) is 0.118. The summed E-state index contributed by atoms with van der Waals surface area (Å²) in [7, 11) is 0. The minimum atomic E-state index is 1.27. The maximum Gasteiger partial charge on any atom is -0.0155 e. The molecule has 0 fully saturated rings. The standard InChI is InChI=1S/5C20H18.2C14H14.C8H10/c1-15-9-11-17(12-10-15)19-7-4-8-20(14-19)18-6-3-5-16(2)13-18;1-15-10-12-17(13-11-15)18-7-5-8-19(14-18)20-9-4-3-6-16(20)2;1-15-6-10-17(11-7-15)19-4-3-5-20(14-19)18-12-8-16(2)9-13-18;1-15-6-8-17(9-7-15)18-10-12-19(13-11-18)20-5-3-4-16(2)14-20;1-15-7-9-17(10-8-15)18-11-13-19(14-12-18)20-6-4-3-5-16(20)2;1-11-6-8-13(9-7-11)14-5-3-4-12(2)10-14;1-11-7-9-13(10-8-11)14-6-4-3-5-12(14)2;1-7-4-3-5-8(2)6-7/h5*3-14H,1-2H3;2*3-10H,1-2H3;3-6H,1-2H3. The Morgan fingerprint density at radius 1 is 0.0809 bits per heavy atom. The lowest BCUT2D eigenvalue weighted by Gasteiger charge is -2.08. The predicted octanol–water partition coefficient (Wildman–Crippen LogP) is 38.4. The van der Waals surface area contributed by atoms with Crippen molar-refractivity contribution in [1.82, 2.24) is 0 Å². The van der Waals surface area contributed by atoms with Gasteiger partial charge in [-0.3, -0.25) is 0 Å². The van der Waals surface area contributed by atoms with Gasteiger partial charge in [0, 0.05) is 0 Å². The van der Waals surface area contributed by atoms with Crippen LogP contribution in [0.15, 0.2) is 485 Å². The molecular weight excluding hydrogens is 1630 g/mol. The highest BCUT2D eigenvalue weighted by Gasteiger charge is 2.10. The Morgan fingerprint density at radius 2 is 0.221 bits per heavy atom. The zero-order chi connectivity index (χ0) is 95.7. The summed E-state index contributed by atoms with van der Waals surface area (Å²) in [5, 5.41) is 0. The van der Waals surface area contributed by atoms with E-state index in [-0.39, 0.29) is 0 Å². The summed E-state index contributed by atoms with van der Waals surface area (Å²) in [6, 6.07) is 173. The van der Waals surface area contributed by atoms with Crippen molar-refractivity contribution in [2.45, 2.75) is 111 Å². The molecule has 672 valence electrons. The third kappa shape index (κ3) is 29.4. The van der Waals surface area contributed by atoms with E-state index in [9.17, 15) is 0 Å². The fourth-order valence-corrected chi connectivity index (χ4v) is 16.2. The van der Waals surface area contributed by atoms with Crippen LogP contribution in [0.1, 0.15) is 89.0 Å². The Kier molecular flexibility index (Phi) is 35.4. The van der Waals surface area contributed by atoms with Gasteiger partial charge in [-0.25, -0.2) is 0 Å². The third-order valence-electron chi connectivity index (χ3n) is 24.4. The van der Waals surface area contributed by atoms with Gasteiger partial charge in [-0.1, -0.05) is 539 Å². The highest BCUT2D eigenvalue weighted by atomic mass is 14.2. The van der Waals surface area contributed by atoms with E-state index in [1.165, 1.54) is 223 Å². The van der Waals surface area contributed by atoms with Gasteiger partial charge in [-0.15, -0.1) is 0 Å². The lowest BCUT2D eigenvalue weighted by molar-refractivity contribution is 1.39. The normalized spacial score (nSPS) is 10.4. The molecule has 0 aliphatic heterocycles. The quantitative estimate of drug-likeness (QED) is 0.114. The van der Waals surface area contributed by atoms with Gasteiger partial charge in [0.05, 0.1) is 0 Å². The molecule has 20 aromatic carbocycles. The third-order valence-corrected chi connectivity index (χ3v) is 24.4. The molecule has 0 atom stereocenters. The van der Waals surface area contributed by atoms with E-state index in [2.05, 4.69) is 596 Å². The van der Waals surface area contributed by atoms with Gasteiger partial charge in [0.25, 0.3) is 0 Å². The number of hydrogen-bond acceptors (Lipinski definition) is 0. The first-order valence-electron chi connectivity index (χ1n) is 47.4. The van der Waals surface area contributed by atoms with Gasteiger partial charge in [0.15, 0.2) is 0 Å². The van der Waals surface area contributed by atoms with Crippen LogP contribution < -0.4 is 0 Å². The number of hydrogen-bond donors (Lipinski definition) is 0. The van der Waals surface area contributed by atoms with E-state index in [4.69, 9.17) is 0 Å². The van der Waals surface area contributed by atoms with Crippen LogP contribution >= 0.6 is 0 Å². The maximum atomic E-state index is 2.27. The van der Waals surface area contributed by atoms with Crippen molar-refractivity contribution in [3.63, 3.8) is 0 Å². The molecule has 0 spiro atoms. The molecule has 0 aliphatic rings. The summed E-state index contributed by atoms with van der Waals surface area (Å²) < 4.78 is 0. The van der Waals surface area contributed by atoms with Gasteiger partial charge in [-0.2, -0.15) is 0 Å². The molecule has 0 nitrogen and oxygen atoms in total. The maximum absolute atomic E-state index is 2.27. The van der Waals surface area contributed by atoms with Crippen LogP contribution in [0.4, 0.5) is 0 Å². The van der Waals surface area contributed by atoms with Crippen LogP contribution in [-0.2, 0) is 0 Å². The predicted molar refractivity (Wildman–Crippen MR) is 593 cm³/mol. The molecule has 20 rings (SSSR count). The molecule has 0 N–H and O–H groups in total. The Balaban J connectivity index is 0.000000133. The molecule has 0 bridgehead atoms. The van der Waals surface area contributed by atoms with Crippen molar-refractivity contribution < 1.29 is 0 Å². The summed E-state index contributed by atoms with van der Waals surface area (Å²) in [6.07, 6.45) is 0. The van der Waals surface area contributed by atoms with Gasteiger partial charge in [0.2, 0.25) is 0 Å². The monoisotopic (exact) mass is 1760 g/mol. The largest absolute Gasteiger partial charge is 0.0620 e. The van der Waals surface area contributed by atoms with E-state index in [0.29, 0.717) is 0 Å². The Bertz CT molecular complexity index is 7050. The first kappa shape index (κ1) is 97.9. The molecule has 0 aliphatic carbocycles. The summed E-state index contributed by atoms with van der Waals surface area (Å²) in [5.41, 5.74) is 51.6. The number of rotatable bonds is 12. The molecular formula is C136H128. The zero-order valence-electron chi connectivity index (χ0n) is 82.2. The summed E-state index contributed by atoms with van der Waals surface area (Å²) in [6.45, 7) is 34.0. The summed E-state index contributed by atoms with van der Waals surface area (Å²) in [4.78, 5) is 0. The first-order valence-corrected chi connectivity index (χ1v) is 47.4. The van der Waals surface area contributed by atoms with Crippen LogP contribution in [0.2, 0.25) is 0 Å². The fourth-order valence-electron chi connectivity index (χ4n) is 16.2. The average Bonchev–Trinajstić information content (AvgIpc) is 0.813. The van der Waals surface area contributed by atoms with Crippen molar-refractivity contribution in [3.05, 3.63) is 574 Å². The number of benzene rings is 20. The van der Waals surface area contributed by atoms with E-state index >= 15 is 0 Å². The second kappa shape index (κ2) is 49.2. The lowest BCUT2D eigenvalue weighted by atomic mass is 9.96. The van der Waals surface area contributed by atoms with Gasteiger partial charge in [-0.05, 0) is 279 Å². The van der Waals surface area contributed by atoms with Crippen molar-refractivity contribution in [1.29, 1.82) is 0 Å². The zero-order valence-corrected chi connectivity index (χ0v) is 82.2. The SMILES string of the molecule is Cc1ccc(-c2ccc(-c3cccc(C)c3)cc2)cc1.Cc1ccc(-c2ccc(-c3ccccc3C)cc2)cc1.Cc1ccc(-c2cccc(-c3ccc(C)cc3)c2)cc1.Cc1ccc(-c2cccc(-c3cccc(C)c3)c2)cc1.Cc1ccc(-c2cccc(-c3ccccc3C)c2)cc1.Cc1ccc(-c2cccc(C)c2)cc1.Cc1ccc(-c2ccccc2C)cc1.Cc1cccc(C)c1. The molecule has 20 aromatic rings. The van der Waals surface area contributed by atoms with Gasteiger partial charge < -0.3 is 0 Å².